The van der Waals surface area contributed by atoms with Crippen LogP contribution in [-0.4, -0.2) is 16.6 Å². The summed E-state index contributed by atoms with van der Waals surface area (Å²) in [6.45, 7) is 1.05. The lowest BCUT2D eigenvalue weighted by atomic mass is 10.0. The molecule has 1 unspecified atom stereocenters. The molecule has 0 radical (unpaired) electrons. The van der Waals surface area contributed by atoms with Gasteiger partial charge in [0.1, 0.15) is 5.82 Å². The maximum atomic E-state index is 12.9. The van der Waals surface area contributed by atoms with E-state index in [1.165, 1.54) is 12.1 Å². The maximum Gasteiger partial charge on any atom is 0.123 e. The zero-order chi connectivity index (χ0) is 16.8. The number of aliphatic hydroxyl groups is 1. The normalized spacial score (nSPS) is 12.1. The second-order valence-electron chi connectivity index (χ2n) is 5.64. The van der Waals surface area contributed by atoms with Crippen LogP contribution in [0.1, 0.15) is 17.2 Å². The smallest absolute Gasteiger partial charge is 0.123 e. The maximum absolute atomic E-state index is 12.9. The van der Waals surface area contributed by atoms with Crippen LogP contribution in [0.3, 0.4) is 0 Å². The Bertz CT molecular complexity index is 775. The Hall–Kier alpha value is -2.56. The topological polar surface area (TPSA) is 45.1 Å². The minimum Gasteiger partial charge on any atom is -0.387 e. The second kappa shape index (κ2) is 7.81. The number of pyridine rings is 1. The third-order valence-corrected chi connectivity index (χ3v) is 3.84. The third kappa shape index (κ3) is 4.25. The fourth-order valence-electron chi connectivity index (χ4n) is 2.55. The Morgan fingerprint density at radius 3 is 2.54 bits per heavy atom. The van der Waals surface area contributed by atoms with E-state index in [-0.39, 0.29) is 5.82 Å². The number of hydrogen-bond acceptors (Lipinski definition) is 3. The molecule has 0 aliphatic heterocycles. The summed E-state index contributed by atoms with van der Waals surface area (Å²) in [5.41, 5.74) is 4.02. The van der Waals surface area contributed by atoms with Gasteiger partial charge in [0.05, 0.1) is 6.10 Å². The average molecular weight is 322 g/mol. The summed E-state index contributed by atoms with van der Waals surface area (Å²) in [5, 5.41) is 13.4. The molecule has 1 atom stereocenters. The van der Waals surface area contributed by atoms with Crippen LogP contribution in [0, 0.1) is 5.82 Å². The summed E-state index contributed by atoms with van der Waals surface area (Å²) < 4.78 is 12.9. The first-order chi connectivity index (χ1) is 11.7. The van der Waals surface area contributed by atoms with Crippen LogP contribution in [0.5, 0.6) is 0 Å². The minimum absolute atomic E-state index is 0.300. The van der Waals surface area contributed by atoms with Gasteiger partial charge in [-0.15, -0.1) is 0 Å². The molecular weight excluding hydrogens is 303 g/mol. The van der Waals surface area contributed by atoms with Crippen LogP contribution in [0.4, 0.5) is 4.39 Å². The van der Waals surface area contributed by atoms with Gasteiger partial charge in [0, 0.05) is 25.5 Å². The molecule has 2 N–H and O–H groups in total. The predicted octanol–water partition coefficient (Wildman–Crippen LogP) is 3.71. The summed E-state index contributed by atoms with van der Waals surface area (Å²) in [7, 11) is 0. The summed E-state index contributed by atoms with van der Waals surface area (Å²) in [4.78, 5) is 4.14. The summed E-state index contributed by atoms with van der Waals surface area (Å²) in [6, 6.07) is 18.1. The highest BCUT2D eigenvalue weighted by Gasteiger charge is 2.07. The molecule has 0 spiro atoms. The van der Waals surface area contributed by atoms with Crippen molar-refractivity contribution in [2.75, 3.05) is 6.54 Å². The highest BCUT2D eigenvalue weighted by atomic mass is 19.1. The average Bonchev–Trinajstić information content (AvgIpc) is 2.63. The van der Waals surface area contributed by atoms with Gasteiger partial charge in [0.25, 0.3) is 0 Å². The minimum atomic E-state index is -0.660. The standard InChI is InChI=1S/C20H19FN2O/c21-19-8-6-16(7-9-19)20(24)14-23-12-15-3-1-4-17(11-15)18-5-2-10-22-13-18/h1-11,13,20,23-24H,12,14H2. The van der Waals surface area contributed by atoms with Crippen molar-refractivity contribution in [1.82, 2.24) is 10.3 Å². The van der Waals surface area contributed by atoms with Crippen molar-refractivity contribution in [3.63, 3.8) is 0 Å². The Labute approximate surface area is 140 Å². The zero-order valence-electron chi connectivity index (χ0n) is 13.2. The van der Waals surface area contributed by atoms with Crippen LogP contribution >= 0.6 is 0 Å². The Morgan fingerprint density at radius 1 is 1.00 bits per heavy atom. The first kappa shape index (κ1) is 16.3. The van der Waals surface area contributed by atoms with Crippen LogP contribution < -0.4 is 5.32 Å². The lowest BCUT2D eigenvalue weighted by Gasteiger charge is -2.13. The summed E-state index contributed by atoms with van der Waals surface area (Å²) in [5.74, 6) is -0.300. The molecule has 0 amide bonds. The fraction of sp³-hybridized carbons (Fsp3) is 0.150. The molecule has 1 aromatic heterocycles. The number of hydrogen-bond donors (Lipinski definition) is 2. The Balaban J connectivity index is 1.58. The van der Waals surface area contributed by atoms with Gasteiger partial charge in [-0.3, -0.25) is 4.98 Å². The summed E-state index contributed by atoms with van der Waals surface area (Å²) in [6.07, 6.45) is 2.93. The Kier molecular flexibility index (Phi) is 5.31. The van der Waals surface area contributed by atoms with Crippen molar-refractivity contribution in [1.29, 1.82) is 0 Å². The number of aromatic nitrogens is 1. The molecule has 3 rings (SSSR count). The number of benzene rings is 2. The molecule has 3 aromatic rings. The van der Waals surface area contributed by atoms with E-state index >= 15 is 0 Å². The lowest BCUT2D eigenvalue weighted by molar-refractivity contribution is 0.174. The van der Waals surface area contributed by atoms with Crippen molar-refractivity contribution >= 4 is 0 Å². The van der Waals surface area contributed by atoms with E-state index in [9.17, 15) is 9.50 Å². The molecular formula is C20H19FN2O. The largest absolute Gasteiger partial charge is 0.387 e. The van der Waals surface area contributed by atoms with E-state index in [0.29, 0.717) is 18.7 Å². The molecule has 122 valence electrons. The molecule has 0 fully saturated rings. The predicted molar refractivity (Wildman–Crippen MR) is 92.7 cm³/mol. The highest BCUT2D eigenvalue weighted by molar-refractivity contribution is 5.62. The molecule has 3 nitrogen and oxygen atoms in total. The number of aliphatic hydroxyl groups excluding tert-OH is 1. The van der Waals surface area contributed by atoms with Crippen molar-refractivity contribution in [3.8, 4) is 11.1 Å². The summed E-state index contributed by atoms with van der Waals surface area (Å²) >= 11 is 0. The number of rotatable bonds is 6. The van der Waals surface area contributed by atoms with Gasteiger partial charge in [-0.1, -0.05) is 36.4 Å². The van der Waals surface area contributed by atoms with Crippen molar-refractivity contribution in [3.05, 3.63) is 90.0 Å². The van der Waals surface area contributed by atoms with E-state index < -0.39 is 6.10 Å². The molecule has 0 aliphatic rings. The van der Waals surface area contributed by atoms with E-state index in [1.807, 2.05) is 36.5 Å². The first-order valence-corrected chi connectivity index (χ1v) is 7.86. The number of nitrogens with zero attached hydrogens (tertiary/aromatic N) is 1. The van der Waals surface area contributed by atoms with Gasteiger partial charge in [0.2, 0.25) is 0 Å². The Morgan fingerprint density at radius 2 is 1.79 bits per heavy atom. The van der Waals surface area contributed by atoms with Gasteiger partial charge in [-0.25, -0.2) is 4.39 Å². The van der Waals surface area contributed by atoms with Gasteiger partial charge in [-0.2, -0.15) is 0 Å². The van der Waals surface area contributed by atoms with Gasteiger partial charge >= 0.3 is 0 Å². The fourth-order valence-corrected chi connectivity index (χ4v) is 2.55. The zero-order valence-corrected chi connectivity index (χ0v) is 13.2. The molecule has 0 aliphatic carbocycles. The van der Waals surface area contributed by atoms with Gasteiger partial charge < -0.3 is 10.4 Å². The molecule has 2 aromatic carbocycles. The van der Waals surface area contributed by atoms with Gasteiger partial charge in [0.15, 0.2) is 0 Å². The molecule has 1 heterocycles. The van der Waals surface area contributed by atoms with E-state index in [1.54, 1.807) is 18.3 Å². The van der Waals surface area contributed by atoms with Crippen LogP contribution in [0.15, 0.2) is 73.1 Å². The van der Waals surface area contributed by atoms with Crippen LogP contribution in [0.2, 0.25) is 0 Å². The van der Waals surface area contributed by atoms with Crippen LogP contribution in [-0.2, 0) is 6.54 Å². The van der Waals surface area contributed by atoms with Crippen molar-refractivity contribution in [2.24, 2.45) is 0 Å². The van der Waals surface area contributed by atoms with Gasteiger partial charge in [-0.05, 0) is 46.5 Å². The molecule has 0 saturated carbocycles. The van der Waals surface area contributed by atoms with E-state index in [4.69, 9.17) is 0 Å². The second-order valence-corrected chi connectivity index (χ2v) is 5.64. The molecule has 24 heavy (non-hydrogen) atoms. The molecule has 0 saturated heterocycles. The number of halogens is 1. The third-order valence-electron chi connectivity index (χ3n) is 3.84. The highest BCUT2D eigenvalue weighted by Crippen LogP contribution is 2.19. The molecule has 4 heteroatoms. The van der Waals surface area contributed by atoms with E-state index in [0.717, 1.165) is 16.7 Å². The van der Waals surface area contributed by atoms with Crippen molar-refractivity contribution in [2.45, 2.75) is 12.6 Å². The quantitative estimate of drug-likeness (QED) is 0.727. The van der Waals surface area contributed by atoms with E-state index in [2.05, 4.69) is 16.4 Å². The monoisotopic (exact) mass is 322 g/mol. The SMILES string of the molecule is OC(CNCc1cccc(-c2cccnc2)c1)c1ccc(F)cc1. The molecule has 0 bridgehead atoms. The van der Waals surface area contributed by atoms with Crippen LogP contribution in [0.25, 0.3) is 11.1 Å². The van der Waals surface area contributed by atoms with Crippen molar-refractivity contribution < 1.29 is 9.50 Å². The number of nitrogens with one attached hydrogen (secondary N) is 1. The lowest BCUT2D eigenvalue weighted by Crippen LogP contribution is -2.21. The first-order valence-electron chi connectivity index (χ1n) is 7.86.